The van der Waals surface area contributed by atoms with Crippen molar-refractivity contribution in [1.82, 2.24) is 4.90 Å². The molecule has 1 heterocycles. The van der Waals surface area contributed by atoms with E-state index in [0.29, 0.717) is 0 Å². The molecule has 0 atom stereocenters. The predicted molar refractivity (Wildman–Crippen MR) is 91.9 cm³/mol. The highest BCUT2D eigenvalue weighted by atomic mass is 19.1. The number of nitrogens with one attached hydrogen (secondary N) is 1. The van der Waals surface area contributed by atoms with Gasteiger partial charge in [0.2, 0.25) is 0 Å². The highest BCUT2D eigenvalue weighted by Gasteiger charge is 2.41. The quantitative estimate of drug-likeness (QED) is 0.836. The Morgan fingerprint density at radius 2 is 1.96 bits per heavy atom. The number of benzene rings is 2. The van der Waals surface area contributed by atoms with Crippen LogP contribution in [0, 0.1) is 18.6 Å². The molecule has 1 saturated heterocycles. The molecule has 2 aromatic rings. The average Bonchev–Trinajstić information content (AvgIpc) is 2.54. The van der Waals surface area contributed by atoms with Gasteiger partial charge in [0.15, 0.2) is 0 Å². The smallest absolute Gasteiger partial charge is 0.256 e. The lowest BCUT2D eigenvalue weighted by molar-refractivity contribution is -0.0454. The SMILES string of the molecule is C=CC1(O)CN(C(=O)c2ccc(F)cc2Nc2ccc(C)cc2F)C1. The summed E-state index contributed by atoms with van der Waals surface area (Å²) in [6.45, 7) is 5.52. The Hall–Kier alpha value is -2.73. The van der Waals surface area contributed by atoms with Gasteiger partial charge in [-0.2, -0.15) is 0 Å². The standard InChI is InChI=1S/C19H18F2N2O2/c1-3-19(25)10-23(11-19)18(24)14-6-5-13(20)9-17(14)22-16-7-4-12(2)8-15(16)21/h3-9,22,25H,1,10-11H2,2H3. The van der Waals surface area contributed by atoms with Crippen molar-refractivity contribution in [3.8, 4) is 0 Å². The summed E-state index contributed by atoms with van der Waals surface area (Å²) in [4.78, 5) is 14.0. The van der Waals surface area contributed by atoms with Gasteiger partial charge in [-0.1, -0.05) is 12.1 Å². The average molecular weight is 344 g/mol. The third-order valence-electron chi connectivity index (χ3n) is 4.20. The van der Waals surface area contributed by atoms with E-state index < -0.39 is 17.2 Å². The van der Waals surface area contributed by atoms with Crippen LogP contribution in [0.4, 0.5) is 20.2 Å². The van der Waals surface area contributed by atoms with E-state index in [2.05, 4.69) is 11.9 Å². The molecule has 2 N–H and O–H groups in total. The minimum absolute atomic E-state index is 0.116. The minimum atomic E-state index is -1.09. The molecular formula is C19H18F2N2O2. The lowest BCUT2D eigenvalue weighted by Crippen LogP contribution is -2.62. The van der Waals surface area contributed by atoms with Crippen LogP contribution < -0.4 is 5.32 Å². The van der Waals surface area contributed by atoms with Gasteiger partial charge in [0.25, 0.3) is 5.91 Å². The van der Waals surface area contributed by atoms with Crippen LogP contribution in [0.3, 0.4) is 0 Å². The normalized spacial score (nSPS) is 15.4. The second-order valence-corrected chi connectivity index (χ2v) is 6.27. The Balaban J connectivity index is 1.88. The maximum absolute atomic E-state index is 14.1. The van der Waals surface area contributed by atoms with E-state index in [1.165, 1.54) is 35.2 Å². The number of hydrogen-bond acceptors (Lipinski definition) is 3. The molecule has 4 nitrogen and oxygen atoms in total. The van der Waals surface area contributed by atoms with Crippen LogP contribution in [0.2, 0.25) is 0 Å². The van der Waals surface area contributed by atoms with E-state index in [1.54, 1.807) is 13.0 Å². The first kappa shape index (κ1) is 17.1. The van der Waals surface area contributed by atoms with Crippen LogP contribution in [-0.2, 0) is 0 Å². The lowest BCUT2D eigenvalue weighted by Gasteiger charge is -2.44. The van der Waals surface area contributed by atoms with Crippen LogP contribution in [0.15, 0.2) is 49.1 Å². The van der Waals surface area contributed by atoms with Crippen LogP contribution in [0.1, 0.15) is 15.9 Å². The number of rotatable bonds is 4. The fourth-order valence-corrected chi connectivity index (χ4v) is 2.73. The highest BCUT2D eigenvalue weighted by molar-refractivity contribution is 6.01. The Bertz CT molecular complexity index is 845. The van der Waals surface area contributed by atoms with Gasteiger partial charge < -0.3 is 15.3 Å². The molecule has 130 valence electrons. The monoisotopic (exact) mass is 344 g/mol. The largest absolute Gasteiger partial charge is 0.382 e. The molecule has 0 saturated carbocycles. The van der Waals surface area contributed by atoms with Gasteiger partial charge >= 0.3 is 0 Å². The van der Waals surface area contributed by atoms with Crippen LogP contribution in [0.25, 0.3) is 0 Å². The number of amides is 1. The van der Waals surface area contributed by atoms with Gasteiger partial charge in [-0.3, -0.25) is 4.79 Å². The summed E-state index contributed by atoms with van der Waals surface area (Å²) in [7, 11) is 0. The van der Waals surface area contributed by atoms with Gasteiger partial charge in [0, 0.05) is 0 Å². The zero-order chi connectivity index (χ0) is 18.2. The van der Waals surface area contributed by atoms with Gasteiger partial charge in [0.1, 0.15) is 17.2 Å². The fraction of sp³-hybridized carbons (Fsp3) is 0.211. The van der Waals surface area contributed by atoms with Crippen molar-refractivity contribution in [1.29, 1.82) is 0 Å². The third-order valence-corrected chi connectivity index (χ3v) is 4.20. The number of carbonyl (C=O) groups excluding carboxylic acids is 1. The van der Waals surface area contributed by atoms with E-state index in [9.17, 15) is 18.7 Å². The number of anilines is 2. The summed E-state index contributed by atoms with van der Waals surface area (Å²) in [6, 6.07) is 8.26. The molecule has 0 unspecified atom stereocenters. The molecular weight excluding hydrogens is 326 g/mol. The molecule has 3 rings (SSSR count). The van der Waals surface area contributed by atoms with Crippen LogP contribution in [-0.4, -0.2) is 34.6 Å². The Labute approximate surface area is 144 Å². The first-order valence-corrected chi connectivity index (χ1v) is 7.79. The first-order valence-electron chi connectivity index (χ1n) is 7.79. The molecule has 0 aliphatic carbocycles. The predicted octanol–water partition coefficient (Wildman–Crippen LogP) is 3.39. The molecule has 0 bridgehead atoms. The highest BCUT2D eigenvalue weighted by Crippen LogP contribution is 2.29. The molecule has 2 aromatic carbocycles. The van der Waals surface area contributed by atoms with Gasteiger partial charge in [-0.25, -0.2) is 8.78 Å². The van der Waals surface area contributed by atoms with Crippen molar-refractivity contribution in [2.24, 2.45) is 0 Å². The number of aliphatic hydroxyl groups is 1. The number of halogens is 2. The van der Waals surface area contributed by atoms with E-state index in [4.69, 9.17) is 0 Å². The maximum Gasteiger partial charge on any atom is 0.256 e. The molecule has 1 aliphatic rings. The molecule has 1 amide bonds. The zero-order valence-corrected chi connectivity index (χ0v) is 13.7. The maximum atomic E-state index is 14.1. The van der Waals surface area contributed by atoms with E-state index in [-0.39, 0.29) is 35.9 Å². The van der Waals surface area contributed by atoms with E-state index in [1.807, 2.05) is 0 Å². The summed E-state index contributed by atoms with van der Waals surface area (Å²) in [5.74, 6) is -1.41. The lowest BCUT2D eigenvalue weighted by atomic mass is 9.93. The summed E-state index contributed by atoms with van der Waals surface area (Å²) in [5, 5.41) is 12.7. The third kappa shape index (κ3) is 3.39. The molecule has 1 aliphatic heterocycles. The van der Waals surface area contributed by atoms with Crippen molar-refractivity contribution in [2.45, 2.75) is 12.5 Å². The number of carbonyl (C=O) groups is 1. The fourth-order valence-electron chi connectivity index (χ4n) is 2.73. The Morgan fingerprint density at radius 1 is 1.24 bits per heavy atom. The van der Waals surface area contributed by atoms with Crippen LogP contribution >= 0.6 is 0 Å². The van der Waals surface area contributed by atoms with Crippen molar-refractivity contribution >= 4 is 17.3 Å². The zero-order valence-electron chi connectivity index (χ0n) is 13.7. The van der Waals surface area contributed by atoms with E-state index >= 15 is 0 Å². The molecule has 1 fully saturated rings. The van der Waals surface area contributed by atoms with Gasteiger partial charge in [0.05, 0.1) is 30.0 Å². The molecule has 25 heavy (non-hydrogen) atoms. The Kier molecular flexibility index (Phi) is 4.30. The topological polar surface area (TPSA) is 52.6 Å². The summed E-state index contributed by atoms with van der Waals surface area (Å²) >= 11 is 0. The molecule has 6 heteroatoms. The number of nitrogens with zero attached hydrogens (tertiary/aromatic N) is 1. The van der Waals surface area contributed by atoms with E-state index in [0.717, 1.165) is 11.6 Å². The number of likely N-dealkylation sites (tertiary alicyclic amines) is 1. The van der Waals surface area contributed by atoms with Crippen molar-refractivity contribution in [2.75, 3.05) is 18.4 Å². The number of aryl methyl sites for hydroxylation is 1. The summed E-state index contributed by atoms with van der Waals surface area (Å²) in [5.41, 5.74) is 0.181. The first-order chi connectivity index (χ1) is 11.8. The van der Waals surface area contributed by atoms with Crippen LogP contribution in [0.5, 0.6) is 0 Å². The molecule has 0 radical (unpaired) electrons. The Morgan fingerprint density at radius 3 is 2.60 bits per heavy atom. The van der Waals surface area contributed by atoms with Gasteiger partial charge in [-0.15, -0.1) is 6.58 Å². The number of hydrogen-bond donors (Lipinski definition) is 2. The second kappa shape index (κ2) is 6.29. The molecule has 0 aromatic heterocycles. The number of β-amino-alcohol motifs (C(OH)–C–C–N with tert-alkyl or cyclic N) is 1. The molecule has 0 spiro atoms. The van der Waals surface area contributed by atoms with Crippen molar-refractivity contribution < 1.29 is 18.7 Å². The second-order valence-electron chi connectivity index (χ2n) is 6.27. The summed E-state index contributed by atoms with van der Waals surface area (Å²) < 4.78 is 27.7. The van der Waals surface area contributed by atoms with Crippen molar-refractivity contribution in [3.05, 3.63) is 71.8 Å². The summed E-state index contributed by atoms with van der Waals surface area (Å²) in [6.07, 6.45) is 1.39. The van der Waals surface area contributed by atoms with Crippen molar-refractivity contribution in [3.63, 3.8) is 0 Å². The van der Waals surface area contributed by atoms with Gasteiger partial charge in [-0.05, 0) is 42.8 Å². The minimum Gasteiger partial charge on any atom is -0.382 e.